The third kappa shape index (κ3) is 5.93. The molecule has 196 valence electrons. The number of halogens is 3. The van der Waals surface area contributed by atoms with E-state index in [1.54, 1.807) is 0 Å². The van der Waals surface area contributed by atoms with Crippen molar-refractivity contribution >= 4 is 23.2 Å². The van der Waals surface area contributed by atoms with Crippen LogP contribution in [0.2, 0.25) is 0 Å². The van der Waals surface area contributed by atoms with Gasteiger partial charge in [0.15, 0.2) is 0 Å². The molecule has 0 aliphatic rings. The number of alkyl halides is 3. The van der Waals surface area contributed by atoms with Gasteiger partial charge in [-0.1, -0.05) is 6.07 Å². The average molecular weight is 544 g/mol. The van der Waals surface area contributed by atoms with E-state index in [9.17, 15) is 18.0 Å². The van der Waals surface area contributed by atoms with Crippen LogP contribution < -0.4 is 10.6 Å². The quantitative estimate of drug-likeness (QED) is 0.259. The summed E-state index contributed by atoms with van der Waals surface area (Å²) >= 11 is 0. The zero-order valence-corrected chi connectivity index (χ0v) is 19.2. The summed E-state index contributed by atoms with van der Waals surface area (Å²) in [7, 11) is 0. The van der Waals surface area contributed by atoms with Crippen LogP contribution in [-0.2, 0) is 6.18 Å². The predicted molar refractivity (Wildman–Crippen MR) is 141 cm³/mol. The Morgan fingerprint density at radius 1 is 1.08 bits per heavy atom. The Morgan fingerprint density at radius 2 is 1.97 bits per heavy atom. The largest absolute Gasteiger partial charge is 0.416 e. The highest BCUT2D eigenvalue weighted by atomic mass is 19.4. The number of rotatable bonds is 6. The molecule has 0 unspecified atom stereocenters. The van der Waals surface area contributed by atoms with E-state index in [2.05, 4.69) is 30.6 Å². The van der Waals surface area contributed by atoms with Gasteiger partial charge in [0.2, 0.25) is 5.95 Å². The summed E-state index contributed by atoms with van der Waals surface area (Å²) in [6.07, 6.45) is -8.94. The minimum absolute atomic E-state index is 0.339. The lowest BCUT2D eigenvalue weighted by Crippen LogP contribution is -2.14. The topological polar surface area (TPSA) is 97.6 Å². The van der Waals surface area contributed by atoms with Crippen molar-refractivity contribution in [2.75, 3.05) is 10.6 Å². The van der Waals surface area contributed by atoms with Crippen molar-refractivity contribution in [1.82, 2.24) is 24.5 Å². The van der Waals surface area contributed by atoms with Crippen LogP contribution in [0.25, 0.3) is 16.9 Å². The minimum Gasteiger partial charge on any atom is -0.324 e. The van der Waals surface area contributed by atoms with E-state index in [1.165, 1.54) is 0 Å². The van der Waals surface area contributed by atoms with Gasteiger partial charge >= 0.3 is 6.18 Å². The Balaban J connectivity index is 1.57. The molecule has 0 bridgehead atoms. The Morgan fingerprint density at radius 3 is 2.77 bits per heavy atom. The first kappa shape index (κ1) is 13.7. The summed E-state index contributed by atoms with van der Waals surface area (Å²) in [6, 6.07) is 2.91. The van der Waals surface area contributed by atoms with E-state index in [4.69, 9.17) is 19.2 Å². The van der Waals surface area contributed by atoms with Gasteiger partial charge in [0.1, 0.15) is 1.37 Å². The van der Waals surface area contributed by atoms with Crippen LogP contribution in [0.1, 0.15) is 46.4 Å². The molecule has 0 saturated heterocycles. The second kappa shape index (κ2) is 10.4. The lowest BCUT2D eigenvalue weighted by molar-refractivity contribution is -0.137. The van der Waals surface area contributed by atoms with E-state index in [1.807, 2.05) is 0 Å². The van der Waals surface area contributed by atoms with Crippen LogP contribution in [0.5, 0.6) is 0 Å². The molecule has 0 fully saturated rings. The van der Waals surface area contributed by atoms with E-state index in [0.717, 1.165) is 24.3 Å². The van der Waals surface area contributed by atoms with Crippen LogP contribution >= 0.6 is 0 Å². The standard InChI is InChI=1S/C28H22F3N7O/c1-17-5-6-19(10-25(17)37-27-33-9-7-24(36-27)20-4-3-8-32-14-20)26(39)35-22-11-21(28(29,30)31)12-23(13-22)38-15-18(2)34-16-38/h3-16H,1-2H3,(H,35,39)(H,33,36,37)/i1D3,2D3,3D,4D,7D,8D,9D,14D,15D,16D. The molecular formula is C28H22F3N7O. The summed E-state index contributed by atoms with van der Waals surface area (Å²) in [5, 5.41) is 4.76. The van der Waals surface area contributed by atoms with Crippen molar-refractivity contribution in [3.8, 4) is 16.9 Å². The van der Waals surface area contributed by atoms with Gasteiger partial charge in [0.25, 0.3) is 5.91 Å². The third-order valence-corrected chi connectivity index (χ3v) is 5.03. The zero-order chi connectivity index (χ0) is 39.5. The van der Waals surface area contributed by atoms with E-state index >= 15 is 0 Å². The molecule has 39 heavy (non-hydrogen) atoms. The highest BCUT2D eigenvalue weighted by Crippen LogP contribution is 2.33. The molecule has 3 heterocycles. The molecule has 0 aliphatic heterocycles. The van der Waals surface area contributed by atoms with Crippen molar-refractivity contribution in [3.63, 3.8) is 0 Å². The average Bonchev–Trinajstić information content (AvgIpc) is 3.34. The maximum absolute atomic E-state index is 13.9. The number of aryl methyl sites for hydroxylation is 2. The van der Waals surface area contributed by atoms with Crippen LogP contribution in [0.4, 0.5) is 30.5 Å². The predicted octanol–water partition coefficient (Wildman–Crippen LogP) is 6.36. The summed E-state index contributed by atoms with van der Waals surface area (Å²) in [4.78, 5) is 28.3. The zero-order valence-electron chi connectivity index (χ0n) is 33.2. The van der Waals surface area contributed by atoms with Crippen molar-refractivity contribution in [1.29, 1.82) is 0 Å². The van der Waals surface area contributed by atoms with Gasteiger partial charge in [-0.15, -0.1) is 0 Å². The van der Waals surface area contributed by atoms with Crippen LogP contribution in [-0.4, -0.2) is 30.4 Å². The fourth-order valence-corrected chi connectivity index (χ4v) is 3.28. The molecule has 3 aromatic heterocycles. The molecule has 2 aromatic carbocycles. The molecule has 5 rings (SSSR count). The number of amides is 1. The Kier molecular flexibility index (Phi) is 3.63. The van der Waals surface area contributed by atoms with Crippen LogP contribution in [0, 0.1) is 13.7 Å². The molecule has 2 N–H and O–H groups in total. The van der Waals surface area contributed by atoms with Crippen molar-refractivity contribution in [2.24, 2.45) is 0 Å². The van der Waals surface area contributed by atoms with E-state index < -0.39 is 120 Å². The summed E-state index contributed by atoms with van der Waals surface area (Å²) in [5.41, 5.74) is -5.37. The second-order valence-electron chi connectivity index (χ2n) is 7.71. The summed E-state index contributed by atoms with van der Waals surface area (Å²) < 4.78 is 153. The summed E-state index contributed by atoms with van der Waals surface area (Å²) in [5.74, 6) is -1.64. The fraction of sp³-hybridized carbons (Fsp3) is 0.107. The van der Waals surface area contributed by atoms with Gasteiger partial charge in [-0.05, 0) is 67.7 Å². The molecule has 8 nitrogen and oxygen atoms in total. The summed E-state index contributed by atoms with van der Waals surface area (Å²) in [6.45, 7) is -5.82. The number of imidazole rings is 1. The first-order chi connectivity index (χ1) is 24.4. The number of carbonyl (C=O) groups is 1. The van der Waals surface area contributed by atoms with Gasteiger partial charge in [0.05, 0.1) is 32.8 Å². The van der Waals surface area contributed by atoms with Crippen molar-refractivity contribution in [3.05, 3.63) is 108 Å². The maximum atomic E-state index is 13.9. The first-order valence-electron chi connectivity index (χ1n) is 17.7. The van der Waals surface area contributed by atoms with Crippen LogP contribution in [0.15, 0.2) is 85.5 Å². The minimum atomic E-state index is -5.01. The highest BCUT2D eigenvalue weighted by Gasteiger charge is 2.31. The number of aromatic nitrogens is 5. The molecule has 0 spiro atoms. The molecule has 1 amide bonds. The molecule has 5 aromatic rings. The van der Waals surface area contributed by atoms with Gasteiger partial charge in [0, 0.05) is 61.1 Å². The lowest BCUT2D eigenvalue weighted by Gasteiger charge is -2.14. The normalized spacial score (nSPS) is 17.1. The number of nitrogens with one attached hydrogen (secondary N) is 2. The molecule has 0 aliphatic carbocycles. The number of nitrogens with zero attached hydrogens (tertiary/aromatic N) is 5. The van der Waals surface area contributed by atoms with Crippen molar-refractivity contribution < 1.29 is 37.2 Å². The molecule has 0 saturated carbocycles. The number of pyridine rings is 1. The number of hydrogen-bond acceptors (Lipinski definition) is 6. The number of benzene rings is 2. The molecule has 0 radical (unpaired) electrons. The van der Waals surface area contributed by atoms with Gasteiger partial charge in [-0.25, -0.2) is 15.0 Å². The maximum Gasteiger partial charge on any atom is 0.416 e. The monoisotopic (exact) mass is 543 g/mol. The fourth-order valence-electron chi connectivity index (χ4n) is 3.28. The SMILES string of the molecule is [2H]c1nc(Nc2cc(C(=O)Nc3cc(-n4c([2H])nc(C([2H])([2H])[2H])c4[2H])cc(C(F)(F)F)c3)ccc2C([2H])([2H])[2H])nc(-c2c([2H])nc([2H])c([2H])c2[2H])c1[2H]. The van der Waals surface area contributed by atoms with Crippen LogP contribution in [0.3, 0.4) is 0 Å². The smallest absolute Gasteiger partial charge is 0.324 e. The van der Waals surface area contributed by atoms with Gasteiger partial charge in [-0.2, -0.15) is 13.2 Å². The third-order valence-electron chi connectivity index (χ3n) is 5.03. The number of hydrogen-bond donors (Lipinski definition) is 2. The molecule has 11 heteroatoms. The lowest BCUT2D eigenvalue weighted by atomic mass is 10.1. The molecule has 0 atom stereocenters. The molecular weight excluding hydrogens is 507 g/mol. The number of anilines is 3. The van der Waals surface area contributed by atoms with E-state index in [-0.39, 0.29) is 11.3 Å². The van der Waals surface area contributed by atoms with Crippen molar-refractivity contribution in [2.45, 2.75) is 19.9 Å². The Hall–Kier alpha value is -5.06. The second-order valence-corrected chi connectivity index (χ2v) is 7.71. The first-order valence-corrected chi connectivity index (χ1v) is 10.7. The Labute approximate surface area is 241 Å². The van der Waals surface area contributed by atoms with E-state index in [0.29, 0.717) is 16.7 Å². The van der Waals surface area contributed by atoms with Gasteiger partial charge in [-0.3, -0.25) is 9.78 Å². The van der Waals surface area contributed by atoms with Gasteiger partial charge < -0.3 is 15.2 Å². The Bertz CT molecular complexity index is 2290. The highest BCUT2D eigenvalue weighted by molar-refractivity contribution is 6.05. The number of carbonyl (C=O) groups excluding carboxylic acids is 1.